The molecule has 3 heteroatoms. The highest BCUT2D eigenvalue weighted by molar-refractivity contribution is 7.17. The summed E-state index contributed by atoms with van der Waals surface area (Å²) in [6.45, 7) is 5.62. The van der Waals surface area contributed by atoms with Crippen LogP contribution in [0.3, 0.4) is 0 Å². The van der Waals surface area contributed by atoms with E-state index in [0.29, 0.717) is 6.04 Å². The molecule has 0 bridgehead atoms. The third-order valence-corrected chi connectivity index (χ3v) is 5.49. The maximum Gasteiger partial charge on any atom is 0.0809 e. The number of hydrogen-bond acceptors (Lipinski definition) is 3. The third-order valence-electron chi connectivity index (χ3n) is 4.64. The Hall–Kier alpha value is -0.930. The standard InChI is InChI=1S/C17H24N2S/c1-3-18-17(13-6-4-12(2)5-7-13)14-10-16-15(19-11-14)8-9-20-16/h8-13,17-18H,3-7H2,1-2H3. The van der Waals surface area contributed by atoms with Crippen molar-refractivity contribution in [3.8, 4) is 0 Å². The van der Waals surface area contributed by atoms with E-state index in [1.54, 1.807) is 11.3 Å². The zero-order valence-corrected chi connectivity index (χ0v) is 13.2. The monoisotopic (exact) mass is 288 g/mol. The van der Waals surface area contributed by atoms with Crippen LogP contribution in [0.4, 0.5) is 0 Å². The fourth-order valence-electron chi connectivity index (χ4n) is 3.43. The lowest BCUT2D eigenvalue weighted by Crippen LogP contribution is -2.30. The lowest BCUT2D eigenvalue weighted by Gasteiger charge is -2.33. The minimum atomic E-state index is 0.478. The Morgan fingerprint density at radius 3 is 2.90 bits per heavy atom. The Morgan fingerprint density at radius 1 is 1.35 bits per heavy atom. The van der Waals surface area contributed by atoms with E-state index in [1.165, 1.54) is 35.9 Å². The predicted octanol–water partition coefficient (Wildman–Crippen LogP) is 4.77. The summed E-state index contributed by atoms with van der Waals surface area (Å²) >= 11 is 1.79. The molecule has 1 aliphatic carbocycles. The van der Waals surface area contributed by atoms with Crippen LogP contribution in [0.25, 0.3) is 10.2 Å². The van der Waals surface area contributed by atoms with Gasteiger partial charge in [0.05, 0.1) is 10.2 Å². The number of nitrogens with one attached hydrogen (secondary N) is 1. The second-order valence-electron chi connectivity index (χ2n) is 6.13. The van der Waals surface area contributed by atoms with Crippen molar-refractivity contribution in [2.24, 2.45) is 11.8 Å². The van der Waals surface area contributed by atoms with Crippen molar-refractivity contribution in [1.29, 1.82) is 0 Å². The highest BCUT2D eigenvalue weighted by Crippen LogP contribution is 2.37. The summed E-state index contributed by atoms with van der Waals surface area (Å²) in [4.78, 5) is 4.62. The van der Waals surface area contributed by atoms with Crippen LogP contribution in [0, 0.1) is 11.8 Å². The lowest BCUT2D eigenvalue weighted by molar-refractivity contribution is 0.233. The van der Waals surface area contributed by atoms with Crippen molar-refractivity contribution in [1.82, 2.24) is 10.3 Å². The summed E-state index contributed by atoms with van der Waals surface area (Å²) in [6.07, 6.45) is 7.53. The number of fused-ring (bicyclic) bond motifs is 1. The van der Waals surface area contributed by atoms with Gasteiger partial charge in [-0.25, -0.2) is 0 Å². The zero-order chi connectivity index (χ0) is 13.9. The summed E-state index contributed by atoms with van der Waals surface area (Å²) in [6, 6.07) is 4.93. The Balaban J connectivity index is 1.85. The van der Waals surface area contributed by atoms with E-state index >= 15 is 0 Å². The van der Waals surface area contributed by atoms with Crippen molar-refractivity contribution in [2.45, 2.75) is 45.6 Å². The van der Waals surface area contributed by atoms with Gasteiger partial charge in [-0.15, -0.1) is 11.3 Å². The molecule has 0 radical (unpaired) electrons. The summed E-state index contributed by atoms with van der Waals surface area (Å²) in [7, 11) is 0. The van der Waals surface area contributed by atoms with Crippen LogP contribution in [-0.4, -0.2) is 11.5 Å². The second kappa shape index (κ2) is 6.23. The zero-order valence-electron chi connectivity index (χ0n) is 12.4. The molecule has 2 aromatic rings. The minimum absolute atomic E-state index is 0.478. The summed E-state index contributed by atoms with van der Waals surface area (Å²) < 4.78 is 1.31. The van der Waals surface area contributed by atoms with Crippen molar-refractivity contribution in [2.75, 3.05) is 6.54 Å². The molecule has 0 aliphatic heterocycles. The smallest absolute Gasteiger partial charge is 0.0809 e. The number of aromatic nitrogens is 1. The molecule has 2 aromatic heterocycles. The van der Waals surface area contributed by atoms with Gasteiger partial charge in [0.1, 0.15) is 0 Å². The van der Waals surface area contributed by atoms with Gasteiger partial charge in [-0.05, 0) is 54.3 Å². The van der Waals surface area contributed by atoms with E-state index in [-0.39, 0.29) is 0 Å². The molecule has 1 aliphatic rings. The van der Waals surface area contributed by atoms with E-state index < -0.39 is 0 Å². The summed E-state index contributed by atoms with van der Waals surface area (Å²) in [5, 5.41) is 5.84. The summed E-state index contributed by atoms with van der Waals surface area (Å²) in [5.74, 6) is 1.68. The number of pyridine rings is 1. The molecule has 1 atom stereocenters. The first kappa shape index (κ1) is 14.0. The topological polar surface area (TPSA) is 24.9 Å². The van der Waals surface area contributed by atoms with Gasteiger partial charge < -0.3 is 5.32 Å². The minimum Gasteiger partial charge on any atom is -0.310 e. The number of thiophene rings is 1. The lowest BCUT2D eigenvalue weighted by atomic mass is 9.77. The number of hydrogen-bond donors (Lipinski definition) is 1. The Morgan fingerprint density at radius 2 is 2.15 bits per heavy atom. The van der Waals surface area contributed by atoms with Crippen LogP contribution in [0.5, 0.6) is 0 Å². The third kappa shape index (κ3) is 2.89. The molecular formula is C17H24N2S. The molecule has 0 aromatic carbocycles. The molecular weight excluding hydrogens is 264 g/mol. The van der Waals surface area contributed by atoms with E-state index in [0.717, 1.165) is 23.9 Å². The Labute approximate surface area is 125 Å². The van der Waals surface area contributed by atoms with Gasteiger partial charge in [0, 0.05) is 12.2 Å². The van der Waals surface area contributed by atoms with Crippen molar-refractivity contribution in [3.63, 3.8) is 0 Å². The van der Waals surface area contributed by atoms with Crippen molar-refractivity contribution in [3.05, 3.63) is 29.3 Å². The predicted molar refractivity (Wildman–Crippen MR) is 87.2 cm³/mol. The van der Waals surface area contributed by atoms with Crippen LogP contribution < -0.4 is 5.32 Å². The maximum absolute atomic E-state index is 4.62. The highest BCUT2D eigenvalue weighted by Gasteiger charge is 2.27. The SMILES string of the molecule is CCNC(c1cnc2ccsc2c1)C1CCC(C)CC1. The van der Waals surface area contributed by atoms with E-state index in [1.807, 2.05) is 0 Å². The first-order valence-corrected chi connectivity index (χ1v) is 8.72. The molecule has 1 unspecified atom stereocenters. The van der Waals surface area contributed by atoms with Crippen molar-refractivity contribution < 1.29 is 0 Å². The molecule has 2 heterocycles. The van der Waals surface area contributed by atoms with E-state index in [9.17, 15) is 0 Å². The van der Waals surface area contributed by atoms with Crippen LogP contribution in [0.2, 0.25) is 0 Å². The molecule has 20 heavy (non-hydrogen) atoms. The molecule has 0 amide bonds. The fourth-order valence-corrected chi connectivity index (χ4v) is 4.22. The van der Waals surface area contributed by atoms with Gasteiger partial charge in [0.15, 0.2) is 0 Å². The number of nitrogens with zero attached hydrogens (tertiary/aromatic N) is 1. The maximum atomic E-state index is 4.62. The molecule has 1 fully saturated rings. The second-order valence-corrected chi connectivity index (χ2v) is 7.08. The van der Waals surface area contributed by atoms with E-state index in [4.69, 9.17) is 0 Å². The van der Waals surface area contributed by atoms with Crippen LogP contribution in [0.15, 0.2) is 23.7 Å². The van der Waals surface area contributed by atoms with Crippen LogP contribution in [0.1, 0.15) is 51.1 Å². The molecule has 3 rings (SSSR count). The fraction of sp³-hybridized carbons (Fsp3) is 0.588. The van der Waals surface area contributed by atoms with Crippen LogP contribution >= 0.6 is 11.3 Å². The van der Waals surface area contributed by atoms with Gasteiger partial charge in [-0.3, -0.25) is 4.98 Å². The molecule has 0 spiro atoms. The van der Waals surface area contributed by atoms with Gasteiger partial charge >= 0.3 is 0 Å². The normalized spacial score (nSPS) is 24.9. The van der Waals surface area contributed by atoms with Gasteiger partial charge in [-0.1, -0.05) is 26.7 Å². The molecule has 108 valence electrons. The number of rotatable bonds is 4. The Kier molecular flexibility index (Phi) is 4.37. The molecule has 0 saturated heterocycles. The average Bonchev–Trinajstić information content (AvgIpc) is 2.93. The largest absolute Gasteiger partial charge is 0.310 e. The van der Waals surface area contributed by atoms with Gasteiger partial charge in [0.25, 0.3) is 0 Å². The van der Waals surface area contributed by atoms with Crippen LogP contribution in [-0.2, 0) is 0 Å². The highest BCUT2D eigenvalue weighted by atomic mass is 32.1. The van der Waals surface area contributed by atoms with Gasteiger partial charge in [0.2, 0.25) is 0 Å². The molecule has 1 saturated carbocycles. The molecule has 2 nitrogen and oxygen atoms in total. The first-order valence-electron chi connectivity index (χ1n) is 7.84. The van der Waals surface area contributed by atoms with Gasteiger partial charge in [-0.2, -0.15) is 0 Å². The van der Waals surface area contributed by atoms with E-state index in [2.05, 4.69) is 47.9 Å². The molecule has 1 N–H and O–H groups in total. The Bertz CT molecular complexity index is 555. The quantitative estimate of drug-likeness (QED) is 0.876. The summed E-state index contributed by atoms with van der Waals surface area (Å²) in [5.41, 5.74) is 2.51. The first-order chi connectivity index (χ1) is 9.78. The van der Waals surface area contributed by atoms with Crippen molar-refractivity contribution >= 4 is 21.6 Å². The average molecular weight is 288 g/mol.